The van der Waals surface area contributed by atoms with Gasteiger partial charge in [-0.2, -0.15) is 0 Å². The highest BCUT2D eigenvalue weighted by molar-refractivity contribution is 6.21. The van der Waals surface area contributed by atoms with Crippen LogP contribution in [0.1, 0.15) is 0 Å². The number of hydrogen-bond donors (Lipinski definition) is 0. The van der Waals surface area contributed by atoms with Gasteiger partial charge in [0, 0.05) is 43.7 Å². The second kappa shape index (κ2) is 12.5. The summed E-state index contributed by atoms with van der Waals surface area (Å²) in [6.45, 7) is 0. The average Bonchev–Trinajstić information content (AvgIpc) is 3.87. The predicted molar refractivity (Wildman–Crippen MR) is 239 cm³/mol. The van der Waals surface area contributed by atoms with Crippen LogP contribution in [0.15, 0.2) is 209 Å². The van der Waals surface area contributed by atoms with Crippen LogP contribution in [-0.2, 0) is 0 Å². The molecule has 0 fully saturated rings. The highest BCUT2D eigenvalue weighted by Gasteiger charge is 2.24. The van der Waals surface area contributed by atoms with Crippen molar-refractivity contribution in [2.75, 3.05) is 4.90 Å². The third kappa shape index (κ3) is 4.86. The minimum atomic E-state index is 0.847. The summed E-state index contributed by atoms with van der Waals surface area (Å²) in [7, 11) is 0. The second-order valence-electron chi connectivity index (χ2n) is 14.8. The van der Waals surface area contributed by atoms with Crippen molar-refractivity contribution in [3.63, 3.8) is 0 Å². The zero-order chi connectivity index (χ0) is 37.5. The molecule has 0 spiro atoms. The summed E-state index contributed by atoms with van der Waals surface area (Å²) in [6, 6.07) is 71.4. The van der Waals surface area contributed by atoms with E-state index in [9.17, 15) is 0 Å². The van der Waals surface area contributed by atoms with E-state index in [1.165, 1.54) is 21.9 Å². The first-order valence-electron chi connectivity index (χ1n) is 19.4. The van der Waals surface area contributed by atoms with Gasteiger partial charge in [-0.25, -0.2) is 0 Å². The molecule has 0 bridgehead atoms. The van der Waals surface area contributed by atoms with Crippen molar-refractivity contribution in [3.8, 4) is 22.3 Å². The zero-order valence-electron chi connectivity index (χ0n) is 30.8. The van der Waals surface area contributed by atoms with Crippen molar-refractivity contribution in [3.05, 3.63) is 200 Å². The monoisotopic (exact) mass is 727 g/mol. The Hall–Kier alpha value is -7.62. The third-order valence-corrected chi connectivity index (χ3v) is 11.7. The fourth-order valence-corrected chi connectivity index (χ4v) is 9.03. The fraction of sp³-hybridized carbons (Fsp3) is 0. The Balaban J connectivity index is 1.12. The van der Waals surface area contributed by atoms with E-state index in [1.54, 1.807) is 0 Å². The van der Waals surface area contributed by atoms with Gasteiger partial charge in [-0.15, -0.1) is 0 Å². The molecule has 0 unspecified atom stereocenters. The maximum atomic E-state index is 6.92. The molecular formula is C54H33NO2. The molecule has 12 rings (SSSR count). The Bertz CT molecular complexity index is 3530. The molecule has 2 aromatic heterocycles. The maximum absolute atomic E-state index is 6.92. The lowest BCUT2D eigenvalue weighted by atomic mass is 9.97. The molecule has 0 aliphatic rings. The maximum Gasteiger partial charge on any atom is 0.143 e. The largest absolute Gasteiger partial charge is 0.455 e. The molecule has 0 radical (unpaired) electrons. The van der Waals surface area contributed by atoms with E-state index in [2.05, 4.69) is 205 Å². The molecule has 0 saturated heterocycles. The molecule has 3 heteroatoms. The smallest absolute Gasteiger partial charge is 0.143 e. The van der Waals surface area contributed by atoms with Crippen molar-refractivity contribution < 1.29 is 8.83 Å². The topological polar surface area (TPSA) is 29.5 Å². The molecule has 0 atom stereocenters. The summed E-state index contributed by atoms with van der Waals surface area (Å²) in [5.74, 6) is 0. The van der Waals surface area contributed by atoms with Crippen molar-refractivity contribution in [2.24, 2.45) is 0 Å². The van der Waals surface area contributed by atoms with E-state index >= 15 is 0 Å². The van der Waals surface area contributed by atoms with Gasteiger partial charge in [0.1, 0.15) is 22.3 Å². The highest BCUT2D eigenvalue weighted by atomic mass is 16.3. The Morgan fingerprint density at radius 1 is 0.298 bits per heavy atom. The normalized spacial score (nSPS) is 11.9. The molecule has 0 N–H and O–H groups in total. The second-order valence-corrected chi connectivity index (χ2v) is 14.8. The van der Waals surface area contributed by atoms with Crippen molar-refractivity contribution in [1.29, 1.82) is 0 Å². The fourth-order valence-electron chi connectivity index (χ4n) is 9.03. The summed E-state index contributed by atoms with van der Waals surface area (Å²) in [5.41, 5.74) is 11.1. The van der Waals surface area contributed by atoms with E-state index < -0.39 is 0 Å². The molecule has 0 amide bonds. The Kier molecular flexibility index (Phi) is 6.93. The van der Waals surface area contributed by atoms with E-state index in [0.29, 0.717) is 0 Å². The van der Waals surface area contributed by atoms with Gasteiger partial charge >= 0.3 is 0 Å². The van der Waals surface area contributed by atoms with Gasteiger partial charge in [-0.1, -0.05) is 158 Å². The SMILES string of the molecule is c1ccc(N(c2ccc(-c3cccc4ccccc34)cc2)c2cccc3oc4c5ccccc5ccc4c23)c(-c2cccc3c2oc2c4ccccc4ccc32)c1. The molecule has 0 aliphatic heterocycles. The van der Waals surface area contributed by atoms with Crippen molar-refractivity contribution >= 4 is 93.3 Å². The average molecular weight is 728 g/mol. The van der Waals surface area contributed by atoms with Crippen molar-refractivity contribution in [1.82, 2.24) is 0 Å². The zero-order valence-corrected chi connectivity index (χ0v) is 30.8. The Labute approximate surface area is 328 Å². The number of benzene rings is 10. The lowest BCUT2D eigenvalue weighted by Crippen LogP contribution is -2.11. The summed E-state index contributed by atoms with van der Waals surface area (Å²) >= 11 is 0. The summed E-state index contributed by atoms with van der Waals surface area (Å²) < 4.78 is 13.7. The molecule has 10 aromatic carbocycles. The van der Waals surface area contributed by atoms with E-state index in [-0.39, 0.29) is 0 Å². The van der Waals surface area contributed by atoms with Crippen LogP contribution in [-0.4, -0.2) is 0 Å². The number of rotatable bonds is 5. The number of hydrogen-bond acceptors (Lipinski definition) is 3. The number of fused-ring (bicyclic) bond motifs is 11. The van der Waals surface area contributed by atoms with Crippen LogP contribution < -0.4 is 4.90 Å². The highest BCUT2D eigenvalue weighted by Crippen LogP contribution is 2.49. The van der Waals surface area contributed by atoms with E-state index in [1.807, 2.05) is 0 Å². The molecule has 0 saturated carbocycles. The molecule has 266 valence electrons. The Morgan fingerprint density at radius 2 is 0.825 bits per heavy atom. The molecule has 0 aliphatic carbocycles. The first kappa shape index (κ1) is 31.7. The van der Waals surface area contributed by atoms with Gasteiger partial charge in [0.2, 0.25) is 0 Å². The molecule has 12 aromatic rings. The minimum absolute atomic E-state index is 0.847. The number of furan rings is 2. The number of para-hydroxylation sites is 2. The minimum Gasteiger partial charge on any atom is -0.455 e. The standard InChI is InChI=1S/C54H33NO2/c1-4-16-39-34(12-1)15-9-20-40(39)37-26-30-38(31-27-37)55(49-24-11-25-50-51(49)47-33-29-36-14-3-6-18-42(36)53(47)56-50)48-23-8-7-19-43(48)44-21-10-22-45-46-32-28-35-13-2-5-17-41(35)52(46)57-54(44)45/h1-33H. The lowest BCUT2D eigenvalue weighted by molar-refractivity contribution is 0.672. The van der Waals surface area contributed by atoms with Crippen LogP contribution in [0.3, 0.4) is 0 Å². The molecular weight excluding hydrogens is 695 g/mol. The number of nitrogens with zero attached hydrogens (tertiary/aromatic N) is 1. The summed E-state index contributed by atoms with van der Waals surface area (Å²) in [6.07, 6.45) is 0. The van der Waals surface area contributed by atoms with Gasteiger partial charge < -0.3 is 13.7 Å². The van der Waals surface area contributed by atoms with Gasteiger partial charge in [0.15, 0.2) is 0 Å². The van der Waals surface area contributed by atoms with Gasteiger partial charge in [-0.05, 0) is 75.1 Å². The summed E-state index contributed by atoms with van der Waals surface area (Å²) in [5, 5.41) is 11.4. The van der Waals surface area contributed by atoms with Crippen LogP contribution in [0, 0.1) is 0 Å². The van der Waals surface area contributed by atoms with E-state index in [0.717, 1.165) is 93.6 Å². The predicted octanol–water partition coefficient (Wildman–Crippen LogP) is 15.7. The third-order valence-electron chi connectivity index (χ3n) is 11.7. The van der Waals surface area contributed by atoms with Gasteiger partial charge in [-0.3, -0.25) is 0 Å². The first-order valence-corrected chi connectivity index (χ1v) is 19.4. The van der Waals surface area contributed by atoms with Gasteiger partial charge in [0.25, 0.3) is 0 Å². The van der Waals surface area contributed by atoms with Crippen LogP contribution in [0.25, 0.3) is 98.4 Å². The van der Waals surface area contributed by atoms with Crippen molar-refractivity contribution in [2.45, 2.75) is 0 Å². The quantitative estimate of drug-likeness (QED) is 0.177. The van der Waals surface area contributed by atoms with Crippen LogP contribution in [0.5, 0.6) is 0 Å². The molecule has 57 heavy (non-hydrogen) atoms. The van der Waals surface area contributed by atoms with Gasteiger partial charge in [0.05, 0.1) is 16.8 Å². The molecule has 3 nitrogen and oxygen atoms in total. The van der Waals surface area contributed by atoms with Crippen LogP contribution in [0.2, 0.25) is 0 Å². The van der Waals surface area contributed by atoms with Crippen LogP contribution in [0.4, 0.5) is 17.1 Å². The van der Waals surface area contributed by atoms with E-state index in [4.69, 9.17) is 8.83 Å². The lowest BCUT2D eigenvalue weighted by Gasteiger charge is -2.28. The molecule has 2 heterocycles. The first-order chi connectivity index (χ1) is 28.3. The number of anilines is 3. The summed E-state index contributed by atoms with van der Waals surface area (Å²) in [4.78, 5) is 2.39. The Morgan fingerprint density at radius 3 is 1.61 bits per heavy atom. The van der Waals surface area contributed by atoms with Crippen LogP contribution >= 0.6 is 0 Å².